The summed E-state index contributed by atoms with van der Waals surface area (Å²) in [5, 5.41) is 11.2. The Morgan fingerprint density at radius 2 is 2.14 bits per heavy atom. The maximum atomic E-state index is 12.8. The van der Waals surface area contributed by atoms with Crippen molar-refractivity contribution < 1.29 is 4.79 Å². The van der Waals surface area contributed by atoms with Gasteiger partial charge in [-0.3, -0.25) is 19.8 Å². The fourth-order valence-corrected chi connectivity index (χ4v) is 3.58. The monoisotopic (exact) mass is 373 g/mol. The molecule has 1 fully saturated rings. The lowest BCUT2D eigenvalue weighted by atomic mass is 10.0. The number of aromatic nitrogens is 3. The SMILES string of the molecule is CC#CCN1CCC(NC(=O)c2n[nH]c3ccc(-c4cccnc4)cc23)CC1. The highest BCUT2D eigenvalue weighted by Gasteiger charge is 2.22. The minimum Gasteiger partial charge on any atom is -0.348 e. The molecule has 142 valence electrons. The summed E-state index contributed by atoms with van der Waals surface area (Å²) < 4.78 is 0. The topological polar surface area (TPSA) is 73.9 Å². The minimum atomic E-state index is -0.124. The molecular formula is C22H23N5O. The molecular weight excluding hydrogens is 350 g/mol. The normalized spacial score (nSPS) is 15.2. The van der Waals surface area contributed by atoms with E-state index in [4.69, 9.17) is 0 Å². The second-order valence-electron chi connectivity index (χ2n) is 7.02. The van der Waals surface area contributed by atoms with E-state index in [0.29, 0.717) is 5.69 Å². The lowest BCUT2D eigenvalue weighted by molar-refractivity contribution is 0.0911. The Morgan fingerprint density at radius 3 is 2.89 bits per heavy atom. The number of H-pyrrole nitrogens is 1. The Bertz CT molecular complexity index is 1020. The average Bonchev–Trinajstić information content (AvgIpc) is 3.17. The van der Waals surface area contributed by atoms with Crippen molar-refractivity contribution in [2.75, 3.05) is 19.6 Å². The van der Waals surface area contributed by atoms with Crippen LogP contribution in [0.1, 0.15) is 30.3 Å². The number of nitrogens with zero attached hydrogens (tertiary/aromatic N) is 3. The highest BCUT2D eigenvalue weighted by atomic mass is 16.2. The summed E-state index contributed by atoms with van der Waals surface area (Å²) in [6.07, 6.45) is 5.43. The summed E-state index contributed by atoms with van der Waals surface area (Å²) in [5.74, 6) is 5.91. The zero-order valence-corrected chi connectivity index (χ0v) is 15.9. The predicted octanol–water partition coefficient (Wildman–Crippen LogP) is 2.84. The van der Waals surface area contributed by atoms with Gasteiger partial charge in [-0.1, -0.05) is 18.1 Å². The van der Waals surface area contributed by atoms with Crippen LogP contribution >= 0.6 is 0 Å². The first-order valence-corrected chi connectivity index (χ1v) is 9.56. The molecule has 1 aromatic carbocycles. The van der Waals surface area contributed by atoms with Gasteiger partial charge in [0.15, 0.2) is 5.69 Å². The van der Waals surface area contributed by atoms with Gasteiger partial charge in [-0.05, 0) is 43.5 Å². The van der Waals surface area contributed by atoms with Crippen LogP contribution in [0.4, 0.5) is 0 Å². The van der Waals surface area contributed by atoms with Crippen molar-refractivity contribution >= 4 is 16.8 Å². The van der Waals surface area contributed by atoms with Crippen molar-refractivity contribution in [2.24, 2.45) is 0 Å². The van der Waals surface area contributed by atoms with Crippen molar-refractivity contribution in [1.29, 1.82) is 0 Å². The van der Waals surface area contributed by atoms with Gasteiger partial charge in [-0.25, -0.2) is 0 Å². The summed E-state index contributed by atoms with van der Waals surface area (Å²) in [4.78, 5) is 19.3. The van der Waals surface area contributed by atoms with E-state index in [2.05, 4.69) is 37.2 Å². The maximum Gasteiger partial charge on any atom is 0.272 e. The van der Waals surface area contributed by atoms with Gasteiger partial charge in [0, 0.05) is 42.5 Å². The number of amides is 1. The number of fused-ring (bicyclic) bond motifs is 1. The van der Waals surface area contributed by atoms with Crippen LogP contribution in [0, 0.1) is 11.8 Å². The van der Waals surface area contributed by atoms with Gasteiger partial charge in [0.1, 0.15) is 0 Å². The molecule has 3 aromatic rings. The molecule has 0 radical (unpaired) electrons. The van der Waals surface area contributed by atoms with E-state index in [1.54, 1.807) is 6.20 Å². The summed E-state index contributed by atoms with van der Waals surface area (Å²) in [7, 11) is 0. The van der Waals surface area contributed by atoms with E-state index in [-0.39, 0.29) is 11.9 Å². The Kier molecular flexibility index (Phi) is 5.36. The van der Waals surface area contributed by atoms with Crippen LogP contribution in [-0.4, -0.2) is 51.7 Å². The fourth-order valence-electron chi connectivity index (χ4n) is 3.58. The van der Waals surface area contributed by atoms with E-state index in [1.807, 2.05) is 43.5 Å². The average molecular weight is 373 g/mol. The molecule has 0 spiro atoms. The molecule has 1 amide bonds. The smallest absolute Gasteiger partial charge is 0.272 e. The standard InChI is InChI=1S/C22H23N5O/c1-2-3-11-27-12-8-18(9-13-27)24-22(28)21-19-14-16(6-7-20(19)25-26-21)17-5-4-10-23-15-17/h4-7,10,14-15,18H,8-9,11-13H2,1H3,(H,24,28)(H,25,26). The quantitative estimate of drug-likeness (QED) is 0.690. The number of piperidine rings is 1. The number of rotatable bonds is 4. The number of benzene rings is 1. The largest absolute Gasteiger partial charge is 0.348 e. The summed E-state index contributed by atoms with van der Waals surface area (Å²) >= 11 is 0. The molecule has 0 atom stereocenters. The molecule has 4 rings (SSSR count). The Balaban J connectivity index is 1.48. The van der Waals surface area contributed by atoms with Gasteiger partial charge in [-0.15, -0.1) is 5.92 Å². The van der Waals surface area contributed by atoms with Crippen molar-refractivity contribution in [3.63, 3.8) is 0 Å². The lowest BCUT2D eigenvalue weighted by Crippen LogP contribution is -2.44. The number of carbonyl (C=O) groups is 1. The summed E-state index contributed by atoms with van der Waals surface area (Å²) in [6, 6.07) is 10.0. The van der Waals surface area contributed by atoms with Crippen molar-refractivity contribution in [3.05, 3.63) is 48.4 Å². The van der Waals surface area contributed by atoms with E-state index in [0.717, 1.165) is 54.5 Å². The molecule has 0 bridgehead atoms. The molecule has 0 unspecified atom stereocenters. The van der Waals surface area contributed by atoms with Crippen LogP contribution in [0.15, 0.2) is 42.7 Å². The van der Waals surface area contributed by atoms with Crippen LogP contribution in [-0.2, 0) is 0 Å². The van der Waals surface area contributed by atoms with Crippen LogP contribution < -0.4 is 5.32 Å². The third-order valence-corrected chi connectivity index (χ3v) is 5.18. The molecule has 0 saturated carbocycles. The zero-order valence-electron chi connectivity index (χ0n) is 15.9. The summed E-state index contributed by atoms with van der Waals surface area (Å²) in [5.41, 5.74) is 3.33. The number of hydrogen-bond donors (Lipinski definition) is 2. The minimum absolute atomic E-state index is 0.124. The Labute approximate surface area is 164 Å². The van der Waals surface area contributed by atoms with Crippen molar-refractivity contribution in [3.8, 4) is 23.0 Å². The van der Waals surface area contributed by atoms with E-state index in [9.17, 15) is 4.79 Å². The van der Waals surface area contributed by atoms with Gasteiger partial charge >= 0.3 is 0 Å². The number of pyridine rings is 1. The first-order chi connectivity index (χ1) is 13.7. The number of aromatic amines is 1. The van der Waals surface area contributed by atoms with E-state index in [1.165, 1.54) is 0 Å². The molecule has 0 aliphatic carbocycles. The Morgan fingerprint density at radius 1 is 1.29 bits per heavy atom. The lowest BCUT2D eigenvalue weighted by Gasteiger charge is -2.30. The number of likely N-dealkylation sites (tertiary alicyclic amines) is 1. The first kappa shape index (κ1) is 18.2. The number of hydrogen-bond acceptors (Lipinski definition) is 4. The van der Waals surface area contributed by atoms with E-state index < -0.39 is 0 Å². The van der Waals surface area contributed by atoms with Crippen LogP contribution in [0.2, 0.25) is 0 Å². The molecule has 28 heavy (non-hydrogen) atoms. The second-order valence-corrected chi connectivity index (χ2v) is 7.02. The highest BCUT2D eigenvalue weighted by molar-refractivity contribution is 6.05. The maximum absolute atomic E-state index is 12.8. The summed E-state index contributed by atoms with van der Waals surface area (Å²) in [6.45, 7) is 4.57. The number of nitrogens with one attached hydrogen (secondary N) is 2. The fraction of sp³-hybridized carbons (Fsp3) is 0.318. The van der Waals surface area contributed by atoms with Crippen LogP contribution in [0.3, 0.4) is 0 Å². The molecule has 6 heteroatoms. The van der Waals surface area contributed by atoms with Crippen molar-refractivity contribution in [1.82, 2.24) is 25.4 Å². The third kappa shape index (κ3) is 3.90. The predicted molar refractivity (Wildman–Crippen MR) is 110 cm³/mol. The van der Waals surface area contributed by atoms with Gasteiger partial charge in [0.2, 0.25) is 0 Å². The molecule has 1 aliphatic rings. The second kappa shape index (κ2) is 8.24. The Hall–Kier alpha value is -3.17. The van der Waals surface area contributed by atoms with Gasteiger partial charge < -0.3 is 5.32 Å². The zero-order chi connectivity index (χ0) is 19.3. The molecule has 1 aliphatic heterocycles. The van der Waals surface area contributed by atoms with Crippen LogP contribution in [0.25, 0.3) is 22.0 Å². The van der Waals surface area contributed by atoms with Crippen molar-refractivity contribution in [2.45, 2.75) is 25.8 Å². The number of carbonyl (C=O) groups excluding carboxylic acids is 1. The van der Waals surface area contributed by atoms with Gasteiger partial charge in [-0.2, -0.15) is 5.10 Å². The third-order valence-electron chi connectivity index (χ3n) is 5.18. The highest BCUT2D eigenvalue weighted by Crippen LogP contribution is 2.25. The molecule has 2 aromatic heterocycles. The molecule has 3 heterocycles. The molecule has 1 saturated heterocycles. The molecule has 6 nitrogen and oxygen atoms in total. The van der Waals surface area contributed by atoms with Gasteiger partial charge in [0.05, 0.1) is 12.1 Å². The van der Waals surface area contributed by atoms with Gasteiger partial charge in [0.25, 0.3) is 5.91 Å². The molecule has 2 N–H and O–H groups in total. The van der Waals surface area contributed by atoms with E-state index >= 15 is 0 Å². The van der Waals surface area contributed by atoms with Crippen LogP contribution in [0.5, 0.6) is 0 Å². The first-order valence-electron chi connectivity index (χ1n) is 9.56.